The predicted octanol–water partition coefficient (Wildman–Crippen LogP) is 3.26. The number of carbonyl (C=O) groups excluding carboxylic acids is 2. The predicted molar refractivity (Wildman–Crippen MR) is 90.5 cm³/mol. The Hall–Kier alpha value is -2.37. The van der Waals surface area contributed by atoms with Crippen molar-refractivity contribution >= 4 is 22.9 Å². The van der Waals surface area contributed by atoms with E-state index in [4.69, 9.17) is 21.1 Å². The molecule has 0 aromatic heterocycles. The molecule has 0 heterocycles. The lowest BCUT2D eigenvalue weighted by atomic mass is 10.2. The van der Waals surface area contributed by atoms with Crippen molar-refractivity contribution in [1.29, 1.82) is 0 Å². The van der Waals surface area contributed by atoms with Crippen LogP contribution in [0.3, 0.4) is 0 Å². The van der Waals surface area contributed by atoms with Gasteiger partial charge in [0, 0.05) is 0 Å². The van der Waals surface area contributed by atoms with Crippen LogP contribution in [0, 0.1) is 0 Å². The molecule has 0 saturated carbocycles. The SMILES string of the molecule is O=C(N[C@@H](COCc1ccccc1)C(=O)Cl)OCc1ccccc1. The van der Waals surface area contributed by atoms with E-state index in [0.717, 1.165) is 11.1 Å². The molecule has 1 amide bonds. The summed E-state index contributed by atoms with van der Waals surface area (Å²) in [4.78, 5) is 23.2. The zero-order chi connectivity index (χ0) is 17.2. The van der Waals surface area contributed by atoms with Crippen LogP contribution in [0.2, 0.25) is 0 Å². The quantitative estimate of drug-likeness (QED) is 0.744. The van der Waals surface area contributed by atoms with Gasteiger partial charge in [-0.25, -0.2) is 4.79 Å². The Morgan fingerprint density at radius 1 is 0.917 bits per heavy atom. The zero-order valence-electron chi connectivity index (χ0n) is 13.0. The standard InChI is InChI=1S/C18H18ClNO4/c19-17(21)16(13-23-11-14-7-3-1-4-8-14)20-18(22)24-12-15-9-5-2-6-10-15/h1-10,16H,11-13H2,(H,20,22)/t16-/m0/s1. The minimum atomic E-state index is -0.960. The molecule has 0 unspecified atom stereocenters. The van der Waals surface area contributed by atoms with E-state index in [0.29, 0.717) is 6.61 Å². The van der Waals surface area contributed by atoms with Crippen LogP contribution in [0.25, 0.3) is 0 Å². The first-order valence-electron chi connectivity index (χ1n) is 7.43. The summed E-state index contributed by atoms with van der Waals surface area (Å²) >= 11 is 5.50. The van der Waals surface area contributed by atoms with Crippen molar-refractivity contribution in [3.8, 4) is 0 Å². The monoisotopic (exact) mass is 347 g/mol. The number of hydrogen-bond donors (Lipinski definition) is 1. The van der Waals surface area contributed by atoms with Gasteiger partial charge in [0.05, 0.1) is 13.2 Å². The van der Waals surface area contributed by atoms with Gasteiger partial charge >= 0.3 is 6.09 Å². The smallest absolute Gasteiger partial charge is 0.408 e. The van der Waals surface area contributed by atoms with Gasteiger partial charge in [0.15, 0.2) is 0 Å². The highest BCUT2D eigenvalue weighted by atomic mass is 35.5. The molecule has 6 heteroatoms. The number of ether oxygens (including phenoxy) is 2. The number of carbonyl (C=O) groups is 2. The Kier molecular flexibility index (Phi) is 7.26. The van der Waals surface area contributed by atoms with Crippen LogP contribution in [0.4, 0.5) is 4.79 Å². The first-order valence-corrected chi connectivity index (χ1v) is 7.81. The molecule has 1 atom stereocenters. The summed E-state index contributed by atoms with van der Waals surface area (Å²) in [6.07, 6.45) is -0.721. The van der Waals surface area contributed by atoms with E-state index >= 15 is 0 Å². The molecular formula is C18H18ClNO4. The van der Waals surface area contributed by atoms with Gasteiger partial charge in [-0.1, -0.05) is 60.7 Å². The number of benzene rings is 2. The molecule has 0 saturated heterocycles. The van der Waals surface area contributed by atoms with Crippen LogP contribution < -0.4 is 5.32 Å². The average Bonchev–Trinajstić information content (AvgIpc) is 2.61. The fourth-order valence-corrected chi connectivity index (χ4v) is 2.06. The van der Waals surface area contributed by atoms with E-state index in [1.165, 1.54) is 0 Å². The summed E-state index contributed by atoms with van der Waals surface area (Å²) in [5, 5.41) is 1.70. The largest absolute Gasteiger partial charge is 0.445 e. The van der Waals surface area contributed by atoms with E-state index < -0.39 is 17.4 Å². The molecule has 0 fully saturated rings. The Labute approximate surface area is 145 Å². The fourth-order valence-electron chi connectivity index (χ4n) is 1.94. The van der Waals surface area contributed by atoms with E-state index in [-0.39, 0.29) is 13.2 Å². The number of halogens is 1. The zero-order valence-corrected chi connectivity index (χ0v) is 13.7. The lowest BCUT2D eigenvalue weighted by molar-refractivity contribution is -0.115. The van der Waals surface area contributed by atoms with Crippen LogP contribution in [0.5, 0.6) is 0 Å². The second-order valence-corrected chi connectivity index (χ2v) is 5.44. The van der Waals surface area contributed by atoms with Crippen molar-refractivity contribution in [2.24, 2.45) is 0 Å². The maximum atomic E-state index is 11.8. The summed E-state index contributed by atoms with van der Waals surface area (Å²) in [5.74, 6) is 0. The van der Waals surface area contributed by atoms with E-state index in [1.54, 1.807) is 0 Å². The number of rotatable bonds is 8. The highest BCUT2D eigenvalue weighted by Gasteiger charge is 2.20. The minimum absolute atomic E-state index is 0.0301. The van der Waals surface area contributed by atoms with Gasteiger partial charge < -0.3 is 14.8 Å². The Morgan fingerprint density at radius 2 is 1.46 bits per heavy atom. The van der Waals surface area contributed by atoms with Crippen LogP contribution in [0.1, 0.15) is 11.1 Å². The summed E-state index contributed by atoms with van der Waals surface area (Å²) < 4.78 is 10.5. The van der Waals surface area contributed by atoms with Crippen molar-refractivity contribution in [3.05, 3.63) is 71.8 Å². The van der Waals surface area contributed by atoms with Crippen LogP contribution in [-0.4, -0.2) is 24.0 Å². The maximum Gasteiger partial charge on any atom is 0.408 e. The highest BCUT2D eigenvalue weighted by molar-refractivity contribution is 6.64. The first-order chi connectivity index (χ1) is 11.6. The summed E-state index contributed by atoms with van der Waals surface area (Å²) in [5.41, 5.74) is 1.81. The van der Waals surface area contributed by atoms with Crippen molar-refractivity contribution < 1.29 is 19.1 Å². The highest BCUT2D eigenvalue weighted by Crippen LogP contribution is 2.04. The molecule has 0 spiro atoms. The maximum absolute atomic E-state index is 11.8. The van der Waals surface area contributed by atoms with Gasteiger partial charge in [0.1, 0.15) is 12.6 Å². The van der Waals surface area contributed by atoms with Gasteiger partial charge in [-0.3, -0.25) is 4.79 Å². The number of hydrogen-bond acceptors (Lipinski definition) is 4. The lowest BCUT2D eigenvalue weighted by Crippen LogP contribution is -2.42. The van der Waals surface area contributed by atoms with Crippen molar-refractivity contribution in [1.82, 2.24) is 5.32 Å². The molecule has 0 aliphatic carbocycles. The van der Waals surface area contributed by atoms with Gasteiger partial charge in [0.2, 0.25) is 5.24 Å². The number of alkyl carbamates (subject to hydrolysis) is 1. The molecule has 1 N–H and O–H groups in total. The molecule has 0 aliphatic rings. The third kappa shape index (κ3) is 6.40. The molecule has 2 aromatic rings. The molecule has 126 valence electrons. The molecule has 0 radical (unpaired) electrons. The Morgan fingerprint density at radius 3 is 2.00 bits per heavy atom. The lowest BCUT2D eigenvalue weighted by Gasteiger charge is -2.15. The summed E-state index contributed by atoms with van der Waals surface area (Å²) in [7, 11) is 0. The number of nitrogens with one attached hydrogen (secondary N) is 1. The molecule has 2 rings (SSSR count). The topological polar surface area (TPSA) is 64.6 Å². The summed E-state index contributed by atoms with van der Waals surface area (Å²) in [6, 6.07) is 17.8. The van der Waals surface area contributed by atoms with E-state index in [1.807, 2.05) is 60.7 Å². The normalized spacial score (nSPS) is 11.5. The van der Waals surface area contributed by atoms with E-state index in [2.05, 4.69) is 5.32 Å². The third-order valence-corrected chi connectivity index (χ3v) is 3.44. The second kappa shape index (κ2) is 9.70. The summed E-state index contributed by atoms with van der Waals surface area (Å²) in [6.45, 7) is 0.403. The van der Waals surface area contributed by atoms with Crippen molar-refractivity contribution in [2.75, 3.05) is 6.61 Å². The van der Waals surface area contributed by atoms with Gasteiger partial charge in [-0.05, 0) is 22.7 Å². The van der Waals surface area contributed by atoms with Crippen LogP contribution in [-0.2, 0) is 27.5 Å². The molecule has 2 aromatic carbocycles. The first kappa shape index (κ1) is 18.0. The third-order valence-electron chi connectivity index (χ3n) is 3.17. The molecule has 24 heavy (non-hydrogen) atoms. The van der Waals surface area contributed by atoms with Gasteiger partial charge in [-0.15, -0.1) is 0 Å². The Bertz CT molecular complexity index is 649. The Balaban J connectivity index is 1.75. The van der Waals surface area contributed by atoms with Crippen LogP contribution in [0.15, 0.2) is 60.7 Å². The number of amides is 1. The minimum Gasteiger partial charge on any atom is -0.445 e. The van der Waals surface area contributed by atoms with Gasteiger partial charge in [-0.2, -0.15) is 0 Å². The van der Waals surface area contributed by atoms with Crippen LogP contribution >= 0.6 is 11.6 Å². The van der Waals surface area contributed by atoms with Gasteiger partial charge in [0.25, 0.3) is 0 Å². The van der Waals surface area contributed by atoms with Crippen molar-refractivity contribution in [2.45, 2.75) is 19.3 Å². The second-order valence-electron chi connectivity index (χ2n) is 5.06. The molecule has 5 nitrogen and oxygen atoms in total. The average molecular weight is 348 g/mol. The molecule has 0 aliphatic heterocycles. The fraction of sp³-hybridized carbons (Fsp3) is 0.222. The molecule has 0 bridgehead atoms. The van der Waals surface area contributed by atoms with E-state index in [9.17, 15) is 9.59 Å². The van der Waals surface area contributed by atoms with Crippen molar-refractivity contribution in [3.63, 3.8) is 0 Å². The molecular weight excluding hydrogens is 330 g/mol.